The molecule has 1 N–H and O–H groups in total. The Bertz CT molecular complexity index is 1180. The van der Waals surface area contributed by atoms with Gasteiger partial charge < -0.3 is 14.5 Å². The van der Waals surface area contributed by atoms with E-state index in [1.807, 2.05) is 0 Å². The maximum Gasteiger partial charge on any atom is 0.340 e. The van der Waals surface area contributed by atoms with Crippen molar-refractivity contribution in [2.75, 3.05) is 6.54 Å². The Morgan fingerprint density at radius 2 is 1.83 bits per heavy atom. The lowest BCUT2D eigenvalue weighted by Gasteiger charge is -2.12. The fraction of sp³-hybridized carbons (Fsp3) is 0.261. The van der Waals surface area contributed by atoms with Gasteiger partial charge in [0.25, 0.3) is 0 Å². The minimum atomic E-state index is -0.618. The summed E-state index contributed by atoms with van der Waals surface area (Å²) in [5, 5.41) is 3.37. The van der Waals surface area contributed by atoms with Crippen LogP contribution in [0.3, 0.4) is 0 Å². The molecule has 0 saturated heterocycles. The maximum absolute atomic E-state index is 13.7. The summed E-state index contributed by atoms with van der Waals surface area (Å²) in [6.45, 7) is 4.98. The Morgan fingerprint density at radius 3 is 2.53 bits per heavy atom. The Balaban J connectivity index is 1.77. The number of amides is 1. The molecule has 0 atom stereocenters. The average Bonchev–Trinajstić information content (AvgIpc) is 2.69. The van der Waals surface area contributed by atoms with E-state index in [2.05, 4.69) is 5.32 Å². The number of benzene rings is 2. The summed E-state index contributed by atoms with van der Waals surface area (Å²) in [5.74, 6) is -0.827. The highest BCUT2D eigenvalue weighted by atomic mass is 19.1. The van der Waals surface area contributed by atoms with Crippen LogP contribution in [0.1, 0.15) is 29.2 Å². The highest BCUT2D eigenvalue weighted by Crippen LogP contribution is 2.29. The van der Waals surface area contributed by atoms with Gasteiger partial charge in [-0.3, -0.25) is 9.59 Å². The van der Waals surface area contributed by atoms with Crippen molar-refractivity contribution in [2.24, 2.45) is 0 Å². The van der Waals surface area contributed by atoms with E-state index in [0.29, 0.717) is 39.8 Å². The van der Waals surface area contributed by atoms with Crippen LogP contribution in [-0.2, 0) is 22.4 Å². The van der Waals surface area contributed by atoms with E-state index in [4.69, 9.17) is 9.15 Å². The van der Waals surface area contributed by atoms with E-state index in [-0.39, 0.29) is 30.3 Å². The Hall–Kier alpha value is -3.48. The van der Waals surface area contributed by atoms with E-state index in [9.17, 15) is 18.8 Å². The van der Waals surface area contributed by atoms with Crippen LogP contribution in [0.2, 0.25) is 0 Å². The molecular weight excluding hydrogens is 389 g/mol. The van der Waals surface area contributed by atoms with E-state index in [1.165, 1.54) is 13.0 Å². The Morgan fingerprint density at radius 1 is 1.10 bits per heavy atom. The standard InChI is InChI=1S/C23H22FNO5/c1-13-17-8-9-20(29-15(3)26)14(2)22(17)30-23(28)18(13)12-21(27)25-11-10-16-6-4-5-7-19(16)24/h4-9H,10-12H2,1-3H3,(H,25,27). The summed E-state index contributed by atoms with van der Waals surface area (Å²) in [5.41, 5.74) is 1.63. The van der Waals surface area contributed by atoms with E-state index in [1.54, 1.807) is 44.2 Å². The lowest BCUT2D eigenvalue weighted by atomic mass is 10.0. The molecule has 3 rings (SSSR count). The van der Waals surface area contributed by atoms with Crippen LogP contribution < -0.4 is 15.7 Å². The first-order chi connectivity index (χ1) is 14.3. The third kappa shape index (κ3) is 4.56. The van der Waals surface area contributed by atoms with Crippen molar-refractivity contribution in [3.63, 3.8) is 0 Å². The molecule has 0 radical (unpaired) electrons. The summed E-state index contributed by atoms with van der Waals surface area (Å²) in [6, 6.07) is 9.70. The molecule has 30 heavy (non-hydrogen) atoms. The molecule has 156 valence electrons. The number of aryl methyl sites for hydroxylation is 2. The quantitative estimate of drug-likeness (QED) is 0.382. The molecule has 0 aliphatic carbocycles. The number of hydrogen-bond donors (Lipinski definition) is 1. The number of esters is 1. The molecule has 1 aromatic heterocycles. The smallest absolute Gasteiger partial charge is 0.340 e. The Kier molecular flexibility index (Phi) is 6.30. The SMILES string of the molecule is CC(=O)Oc1ccc2c(C)c(CC(=O)NCCc3ccccc3F)c(=O)oc2c1C. The number of nitrogens with one attached hydrogen (secondary N) is 1. The number of hydrogen-bond acceptors (Lipinski definition) is 5. The lowest BCUT2D eigenvalue weighted by Crippen LogP contribution is -2.29. The molecule has 0 aliphatic heterocycles. The summed E-state index contributed by atoms with van der Waals surface area (Å²) in [4.78, 5) is 36.1. The van der Waals surface area contributed by atoms with E-state index < -0.39 is 11.6 Å². The van der Waals surface area contributed by atoms with Crippen LogP contribution in [0.15, 0.2) is 45.6 Å². The third-order valence-corrected chi connectivity index (χ3v) is 4.92. The van der Waals surface area contributed by atoms with Crippen molar-refractivity contribution in [1.29, 1.82) is 0 Å². The van der Waals surface area contributed by atoms with Gasteiger partial charge in [-0.15, -0.1) is 0 Å². The van der Waals surface area contributed by atoms with Gasteiger partial charge in [-0.05, 0) is 49.6 Å². The van der Waals surface area contributed by atoms with Crippen molar-refractivity contribution < 1.29 is 23.1 Å². The zero-order valence-corrected chi connectivity index (χ0v) is 17.0. The summed E-state index contributed by atoms with van der Waals surface area (Å²) < 4.78 is 24.2. The molecule has 0 bridgehead atoms. The number of ether oxygens (including phenoxy) is 1. The highest BCUT2D eigenvalue weighted by molar-refractivity contribution is 5.88. The van der Waals surface area contributed by atoms with Gasteiger partial charge in [-0.2, -0.15) is 0 Å². The van der Waals surface area contributed by atoms with Crippen LogP contribution in [0.4, 0.5) is 4.39 Å². The second-order valence-corrected chi connectivity index (χ2v) is 7.02. The summed E-state index contributed by atoms with van der Waals surface area (Å²) in [6.07, 6.45) is 0.202. The molecule has 6 nitrogen and oxygen atoms in total. The van der Waals surface area contributed by atoms with E-state index in [0.717, 1.165) is 0 Å². The number of halogens is 1. The maximum atomic E-state index is 13.7. The number of fused-ring (bicyclic) bond motifs is 1. The van der Waals surface area contributed by atoms with Crippen LogP contribution in [0.25, 0.3) is 11.0 Å². The summed E-state index contributed by atoms with van der Waals surface area (Å²) >= 11 is 0. The van der Waals surface area contributed by atoms with Crippen LogP contribution in [-0.4, -0.2) is 18.4 Å². The van der Waals surface area contributed by atoms with Gasteiger partial charge in [0.2, 0.25) is 5.91 Å². The zero-order chi connectivity index (χ0) is 21.8. The monoisotopic (exact) mass is 411 g/mol. The topological polar surface area (TPSA) is 85.6 Å². The van der Waals surface area contributed by atoms with Crippen LogP contribution >= 0.6 is 0 Å². The van der Waals surface area contributed by atoms with Crippen molar-refractivity contribution in [2.45, 2.75) is 33.6 Å². The van der Waals surface area contributed by atoms with Crippen molar-refractivity contribution in [3.8, 4) is 5.75 Å². The predicted octanol–water partition coefficient (Wildman–Crippen LogP) is 3.38. The average molecular weight is 411 g/mol. The van der Waals surface area contributed by atoms with Gasteiger partial charge in [-0.25, -0.2) is 9.18 Å². The van der Waals surface area contributed by atoms with Crippen molar-refractivity contribution >= 4 is 22.8 Å². The van der Waals surface area contributed by atoms with Crippen LogP contribution in [0, 0.1) is 19.7 Å². The fourth-order valence-electron chi connectivity index (χ4n) is 3.30. The number of carbonyl (C=O) groups excluding carboxylic acids is 2. The first kappa shape index (κ1) is 21.2. The van der Waals surface area contributed by atoms with Gasteiger partial charge in [-0.1, -0.05) is 18.2 Å². The highest BCUT2D eigenvalue weighted by Gasteiger charge is 2.18. The molecule has 0 unspecified atom stereocenters. The first-order valence-electron chi connectivity index (χ1n) is 9.52. The largest absolute Gasteiger partial charge is 0.426 e. The van der Waals surface area contributed by atoms with Crippen molar-refractivity contribution in [3.05, 3.63) is 74.9 Å². The minimum absolute atomic E-state index is 0.147. The summed E-state index contributed by atoms with van der Waals surface area (Å²) in [7, 11) is 0. The van der Waals surface area contributed by atoms with Gasteiger partial charge in [0, 0.05) is 24.4 Å². The second kappa shape index (κ2) is 8.90. The Labute approximate surface area is 172 Å². The van der Waals surface area contributed by atoms with E-state index >= 15 is 0 Å². The predicted molar refractivity (Wildman–Crippen MR) is 110 cm³/mol. The van der Waals surface area contributed by atoms with Gasteiger partial charge in [0.05, 0.1) is 12.0 Å². The van der Waals surface area contributed by atoms with Gasteiger partial charge in [0.1, 0.15) is 17.1 Å². The molecule has 3 aromatic rings. The van der Waals surface area contributed by atoms with Crippen LogP contribution in [0.5, 0.6) is 5.75 Å². The first-order valence-corrected chi connectivity index (χ1v) is 9.52. The van der Waals surface area contributed by atoms with Gasteiger partial charge in [0.15, 0.2) is 0 Å². The molecule has 0 spiro atoms. The molecule has 7 heteroatoms. The number of carbonyl (C=O) groups is 2. The number of rotatable bonds is 6. The molecule has 1 amide bonds. The normalized spacial score (nSPS) is 10.8. The lowest BCUT2D eigenvalue weighted by molar-refractivity contribution is -0.132. The molecular formula is C23H22FNO5. The van der Waals surface area contributed by atoms with Crippen molar-refractivity contribution in [1.82, 2.24) is 5.32 Å². The molecule has 1 heterocycles. The fourth-order valence-corrected chi connectivity index (χ4v) is 3.30. The molecule has 0 aliphatic rings. The minimum Gasteiger partial charge on any atom is -0.426 e. The zero-order valence-electron chi connectivity index (χ0n) is 17.0. The molecule has 2 aromatic carbocycles. The third-order valence-electron chi connectivity index (χ3n) is 4.92. The molecule has 0 fully saturated rings. The van der Waals surface area contributed by atoms with Gasteiger partial charge >= 0.3 is 11.6 Å². The second-order valence-electron chi connectivity index (χ2n) is 7.02. The molecule has 0 saturated carbocycles.